The molecule has 19 heavy (non-hydrogen) atoms. The first-order chi connectivity index (χ1) is 9.05. The fraction of sp³-hybridized carbons (Fsp3) is 0.357. The van der Waals surface area contributed by atoms with Gasteiger partial charge in [-0.25, -0.2) is 8.42 Å². The van der Waals surface area contributed by atoms with Gasteiger partial charge in [-0.15, -0.1) is 0 Å². The van der Waals surface area contributed by atoms with Crippen molar-refractivity contribution in [1.82, 2.24) is 4.57 Å². The monoisotopic (exact) mass is 276 g/mol. The summed E-state index contributed by atoms with van der Waals surface area (Å²) in [6.45, 7) is 2.29. The van der Waals surface area contributed by atoms with Crippen molar-refractivity contribution in [1.29, 1.82) is 5.26 Å². The van der Waals surface area contributed by atoms with Gasteiger partial charge in [-0.05, 0) is 30.0 Å². The van der Waals surface area contributed by atoms with Gasteiger partial charge in [0.2, 0.25) is 0 Å². The van der Waals surface area contributed by atoms with Crippen LogP contribution in [0.25, 0.3) is 10.9 Å². The summed E-state index contributed by atoms with van der Waals surface area (Å²) in [7, 11) is -2.98. The van der Waals surface area contributed by atoms with E-state index in [0.717, 1.165) is 10.9 Å². The lowest BCUT2D eigenvalue weighted by molar-refractivity contribution is 0.588. The zero-order valence-corrected chi connectivity index (χ0v) is 11.7. The number of aryl methyl sites for hydroxylation is 1. The zero-order valence-electron chi connectivity index (χ0n) is 10.8. The Morgan fingerprint density at radius 1 is 1.26 bits per heavy atom. The maximum atomic E-state index is 11.7. The number of hydrogen-bond donors (Lipinski definition) is 0. The van der Waals surface area contributed by atoms with Crippen LogP contribution in [0.15, 0.2) is 30.5 Å². The lowest BCUT2D eigenvalue weighted by Gasteiger charge is -2.06. The predicted molar refractivity (Wildman–Crippen MR) is 75.6 cm³/mol. The van der Waals surface area contributed by atoms with Crippen molar-refractivity contribution in [3.63, 3.8) is 0 Å². The number of fused-ring (bicyclic) bond motifs is 1. The van der Waals surface area contributed by atoms with Crippen LogP contribution in [0.2, 0.25) is 0 Å². The van der Waals surface area contributed by atoms with Crippen molar-refractivity contribution in [2.75, 3.05) is 11.5 Å². The van der Waals surface area contributed by atoms with Gasteiger partial charge in [0.05, 0.1) is 17.4 Å². The molecule has 0 unspecified atom stereocenters. The summed E-state index contributed by atoms with van der Waals surface area (Å²) < 4.78 is 25.3. The third-order valence-corrected chi connectivity index (χ3v) is 4.90. The second-order valence-electron chi connectivity index (χ2n) is 4.55. The second-order valence-corrected chi connectivity index (χ2v) is 6.85. The van der Waals surface area contributed by atoms with E-state index >= 15 is 0 Å². The van der Waals surface area contributed by atoms with Crippen LogP contribution in [0.5, 0.6) is 0 Å². The fourth-order valence-corrected chi connectivity index (χ4v) is 3.40. The normalized spacial score (nSPS) is 11.6. The molecule has 4 nitrogen and oxygen atoms in total. The number of nitriles is 1. The Kier molecular flexibility index (Phi) is 3.91. The molecule has 0 atom stereocenters. The lowest BCUT2D eigenvalue weighted by Crippen LogP contribution is -2.15. The number of benzene rings is 1. The SMILES string of the molecule is CCCS(=O)(=O)CCn1ccc2ccc(C#N)cc21. The molecular formula is C14H16N2O2S. The van der Waals surface area contributed by atoms with Crippen molar-refractivity contribution in [2.45, 2.75) is 19.9 Å². The third kappa shape index (κ3) is 3.15. The summed E-state index contributed by atoms with van der Waals surface area (Å²) in [5, 5.41) is 9.92. The van der Waals surface area contributed by atoms with E-state index in [1.165, 1.54) is 0 Å². The molecule has 0 saturated heterocycles. The highest BCUT2D eigenvalue weighted by atomic mass is 32.2. The minimum absolute atomic E-state index is 0.140. The van der Waals surface area contributed by atoms with E-state index in [4.69, 9.17) is 5.26 Å². The van der Waals surface area contributed by atoms with Gasteiger partial charge in [0.25, 0.3) is 0 Å². The van der Waals surface area contributed by atoms with Crippen LogP contribution in [0.3, 0.4) is 0 Å². The summed E-state index contributed by atoms with van der Waals surface area (Å²) in [4.78, 5) is 0. The van der Waals surface area contributed by atoms with Crippen molar-refractivity contribution in [3.8, 4) is 6.07 Å². The van der Waals surface area contributed by atoms with E-state index in [1.54, 1.807) is 12.1 Å². The molecule has 0 bridgehead atoms. The predicted octanol–water partition coefficient (Wildman–Crippen LogP) is 2.34. The van der Waals surface area contributed by atoms with Crippen molar-refractivity contribution in [2.24, 2.45) is 0 Å². The average molecular weight is 276 g/mol. The first kappa shape index (κ1) is 13.6. The lowest BCUT2D eigenvalue weighted by atomic mass is 10.2. The third-order valence-electron chi connectivity index (χ3n) is 3.06. The summed E-state index contributed by atoms with van der Waals surface area (Å²) in [6.07, 6.45) is 2.51. The van der Waals surface area contributed by atoms with Crippen LogP contribution in [0, 0.1) is 11.3 Å². The Morgan fingerprint density at radius 3 is 2.74 bits per heavy atom. The molecule has 0 aliphatic carbocycles. The first-order valence-electron chi connectivity index (χ1n) is 6.25. The molecule has 2 aromatic rings. The Balaban J connectivity index is 2.24. The summed E-state index contributed by atoms with van der Waals surface area (Å²) in [5.41, 5.74) is 1.50. The standard InChI is InChI=1S/C14H16N2O2S/c1-2-8-19(17,18)9-7-16-6-5-13-4-3-12(11-15)10-14(13)16/h3-6,10H,2,7-9H2,1H3. The highest BCUT2D eigenvalue weighted by Gasteiger charge is 2.10. The van der Waals surface area contributed by atoms with Crippen molar-refractivity contribution >= 4 is 20.7 Å². The first-order valence-corrected chi connectivity index (χ1v) is 8.07. The smallest absolute Gasteiger partial charge is 0.152 e. The van der Waals surface area contributed by atoms with E-state index in [0.29, 0.717) is 18.5 Å². The molecule has 0 fully saturated rings. The van der Waals surface area contributed by atoms with Crippen molar-refractivity contribution < 1.29 is 8.42 Å². The van der Waals surface area contributed by atoms with Gasteiger partial charge in [-0.1, -0.05) is 13.0 Å². The Labute approximate surface area is 113 Å². The number of sulfone groups is 1. The maximum Gasteiger partial charge on any atom is 0.152 e. The quantitative estimate of drug-likeness (QED) is 0.842. The molecule has 1 aromatic carbocycles. The molecule has 1 heterocycles. The molecule has 0 saturated carbocycles. The molecule has 0 aliphatic rings. The van der Waals surface area contributed by atoms with Crippen LogP contribution >= 0.6 is 0 Å². The molecule has 0 spiro atoms. The van der Waals surface area contributed by atoms with Crippen LogP contribution in [-0.2, 0) is 16.4 Å². The van der Waals surface area contributed by atoms with Crippen LogP contribution in [-0.4, -0.2) is 24.5 Å². The topological polar surface area (TPSA) is 62.9 Å². The highest BCUT2D eigenvalue weighted by Crippen LogP contribution is 2.17. The van der Waals surface area contributed by atoms with E-state index in [1.807, 2.05) is 29.8 Å². The van der Waals surface area contributed by atoms with E-state index in [9.17, 15) is 8.42 Å². The molecular weight excluding hydrogens is 260 g/mol. The minimum Gasteiger partial charge on any atom is -0.346 e. The van der Waals surface area contributed by atoms with Crippen LogP contribution in [0.1, 0.15) is 18.9 Å². The Morgan fingerprint density at radius 2 is 2.05 bits per heavy atom. The molecule has 2 rings (SSSR count). The van der Waals surface area contributed by atoms with E-state index in [-0.39, 0.29) is 11.5 Å². The molecule has 0 N–H and O–H groups in total. The van der Waals surface area contributed by atoms with E-state index < -0.39 is 9.84 Å². The largest absolute Gasteiger partial charge is 0.346 e. The number of rotatable bonds is 5. The van der Waals surface area contributed by atoms with Gasteiger partial charge in [0, 0.05) is 24.0 Å². The van der Waals surface area contributed by atoms with Gasteiger partial charge in [0.15, 0.2) is 9.84 Å². The Bertz CT molecular complexity index is 723. The van der Waals surface area contributed by atoms with Gasteiger partial charge in [0.1, 0.15) is 0 Å². The molecule has 5 heteroatoms. The molecule has 1 aromatic heterocycles. The maximum absolute atomic E-state index is 11.7. The van der Waals surface area contributed by atoms with Gasteiger partial charge in [-0.3, -0.25) is 0 Å². The molecule has 0 aliphatic heterocycles. The number of hydrogen-bond acceptors (Lipinski definition) is 3. The summed E-state index contributed by atoms with van der Waals surface area (Å²) >= 11 is 0. The molecule has 0 radical (unpaired) electrons. The Hall–Kier alpha value is -1.80. The average Bonchev–Trinajstić information content (AvgIpc) is 2.78. The number of nitrogens with zero attached hydrogens (tertiary/aromatic N) is 2. The molecule has 0 amide bonds. The van der Waals surface area contributed by atoms with E-state index in [2.05, 4.69) is 6.07 Å². The minimum atomic E-state index is -2.98. The zero-order chi connectivity index (χ0) is 13.9. The summed E-state index contributed by atoms with van der Waals surface area (Å²) in [6, 6.07) is 9.47. The van der Waals surface area contributed by atoms with Crippen LogP contribution in [0.4, 0.5) is 0 Å². The molecule has 100 valence electrons. The van der Waals surface area contributed by atoms with Gasteiger partial charge >= 0.3 is 0 Å². The van der Waals surface area contributed by atoms with Gasteiger partial charge in [-0.2, -0.15) is 5.26 Å². The fourth-order valence-electron chi connectivity index (χ4n) is 2.10. The number of aromatic nitrogens is 1. The van der Waals surface area contributed by atoms with Gasteiger partial charge < -0.3 is 4.57 Å². The van der Waals surface area contributed by atoms with Crippen LogP contribution < -0.4 is 0 Å². The highest BCUT2D eigenvalue weighted by molar-refractivity contribution is 7.91. The van der Waals surface area contributed by atoms with Crippen molar-refractivity contribution in [3.05, 3.63) is 36.0 Å². The second kappa shape index (κ2) is 5.45. The summed E-state index contributed by atoms with van der Waals surface area (Å²) in [5.74, 6) is 0.372.